The van der Waals surface area contributed by atoms with Gasteiger partial charge in [0.05, 0.1) is 0 Å². The molecule has 2 aromatic carbocycles. The summed E-state index contributed by atoms with van der Waals surface area (Å²) in [4.78, 5) is 27.3. The van der Waals surface area contributed by atoms with E-state index in [4.69, 9.17) is 4.74 Å². The summed E-state index contributed by atoms with van der Waals surface area (Å²) < 4.78 is 6.72. The third-order valence-electron chi connectivity index (χ3n) is 4.78. The third kappa shape index (κ3) is 7.17. The molecule has 0 radical (unpaired) electrons. The first-order valence-electron chi connectivity index (χ1n) is 10.2. The first-order chi connectivity index (χ1) is 14.2. The minimum absolute atomic E-state index is 0.125. The van der Waals surface area contributed by atoms with E-state index in [0.29, 0.717) is 24.8 Å². The Kier molecular flexibility index (Phi) is 8.90. The van der Waals surface area contributed by atoms with Crippen molar-refractivity contribution in [2.24, 2.45) is 5.92 Å². The van der Waals surface area contributed by atoms with Gasteiger partial charge in [-0.3, -0.25) is 9.59 Å². The molecule has 0 unspecified atom stereocenters. The fraction of sp³-hybridized carbons (Fsp3) is 0.417. The Labute approximate surface area is 187 Å². The lowest BCUT2D eigenvalue weighted by Crippen LogP contribution is -2.49. The quantitative estimate of drug-likeness (QED) is 0.575. The summed E-state index contributed by atoms with van der Waals surface area (Å²) in [6.45, 7) is 10.6. The van der Waals surface area contributed by atoms with Crippen molar-refractivity contribution in [3.05, 3.63) is 63.6 Å². The molecule has 5 nitrogen and oxygen atoms in total. The Balaban J connectivity index is 2.15. The van der Waals surface area contributed by atoms with E-state index in [1.807, 2.05) is 70.2 Å². The Morgan fingerprint density at radius 2 is 1.83 bits per heavy atom. The second kappa shape index (κ2) is 11.2. The predicted octanol–water partition coefficient (Wildman–Crippen LogP) is 4.63. The number of rotatable bonds is 9. The lowest BCUT2D eigenvalue weighted by atomic mass is 10.1. The summed E-state index contributed by atoms with van der Waals surface area (Å²) in [5, 5.41) is 2.92. The molecule has 2 aromatic rings. The molecule has 2 rings (SSSR count). The Morgan fingerprint density at radius 1 is 1.10 bits per heavy atom. The van der Waals surface area contributed by atoms with E-state index in [0.717, 1.165) is 21.2 Å². The van der Waals surface area contributed by atoms with Crippen molar-refractivity contribution >= 4 is 27.7 Å². The number of nitrogens with zero attached hydrogens (tertiary/aromatic N) is 1. The van der Waals surface area contributed by atoms with E-state index in [1.54, 1.807) is 11.8 Å². The molecular formula is C24H31BrN2O3. The fourth-order valence-electron chi connectivity index (χ4n) is 3.05. The van der Waals surface area contributed by atoms with Crippen LogP contribution in [0, 0.1) is 19.8 Å². The van der Waals surface area contributed by atoms with Crippen molar-refractivity contribution in [3.63, 3.8) is 0 Å². The highest BCUT2D eigenvalue weighted by atomic mass is 79.9. The maximum Gasteiger partial charge on any atom is 0.261 e. The number of hydrogen-bond donors (Lipinski definition) is 1. The summed E-state index contributed by atoms with van der Waals surface area (Å²) in [7, 11) is 0. The number of carbonyl (C=O) groups is 2. The van der Waals surface area contributed by atoms with Crippen molar-refractivity contribution in [1.29, 1.82) is 0 Å². The minimum Gasteiger partial charge on any atom is -0.483 e. The van der Waals surface area contributed by atoms with Crippen LogP contribution in [0.5, 0.6) is 5.75 Å². The Hall–Kier alpha value is -2.34. The van der Waals surface area contributed by atoms with Crippen LogP contribution in [0.1, 0.15) is 37.5 Å². The van der Waals surface area contributed by atoms with Crippen LogP contribution in [-0.4, -0.2) is 35.9 Å². The maximum atomic E-state index is 13.1. The van der Waals surface area contributed by atoms with Crippen LogP contribution in [0.25, 0.3) is 0 Å². The molecule has 30 heavy (non-hydrogen) atoms. The maximum absolute atomic E-state index is 13.1. The number of nitrogens with one attached hydrogen (secondary N) is 1. The van der Waals surface area contributed by atoms with Gasteiger partial charge in [0.15, 0.2) is 6.61 Å². The highest BCUT2D eigenvalue weighted by Gasteiger charge is 2.26. The molecular weight excluding hydrogens is 444 g/mol. The van der Waals surface area contributed by atoms with Crippen molar-refractivity contribution in [2.45, 2.75) is 47.2 Å². The van der Waals surface area contributed by atoms with Gasteiger partial charge < -0.3 is 15.0 Å². The number of hydrogen-bond acceptors (Lipinski definition) is 3. The zero-order valence-electron chi connectivity index (χ0n) is 18.4. The molecule has 2 amide bonds. The van der Waals surface area contributed by atoms with Gasteiger partial charge in [0.1, 0.15) is 11.8 Å². The molecule has 1 N–H and O–H groups in total. The van der Waals surface area contributed by atoms with Crippen molar-refractivity contribution in [3.8, 4) is 5.75 Å². The van der Waals surface area contributed by atoms with E-state index >= 15 is 0 Å². The average molecular weight is 475 g/mol. The average Bonchev–Trinajstić information content (AvgIpc) is 2.68. The molecule has 6 heteroatoms. The number of halogens is 1. The first kappa shape index (κ1) is 23.9. The van der Waals surface area contributed by atoms with Crippen LogP contribution in [0.3, 0.4) is 0 Å². The van der Waals surface area contributed by atoms with Gasteiger partial charge in [-0.05, 0) is 56.0 Å². The van der Waals surface area contributed by atoms with Crippen molar-refractivity contribution < 1.29 is 14.3 Å². The molecule has 0 aliphatic rings. The van der Waals surface area contributed by atoms with Gasteiger partial charge in [0.25, 0.3) is 5.91 Å². The van der Waals surface area contributed by atoms with Crippen LogP contribution < -0.4 is 10.1 Å². The molecule has 0 aromatic heterocycles. The number of benzene rings is 2. The molecule has 0 spiro atoms. The molecule has 0 saturated heterocycles. The van der Waals surface area contributed by atoms with E-state index in [2.05, 4.69) is 21.2 Å². The summed E-state index contributed by atoms with van der Waals surface area (Å²) >= 11 is 3.46. The van der Waals surface area contributed by atoms with Crippen LogP contribution in [-0.2, 0) is 16.1 Å². The van der Waals surface area contributed by atoms with Crippen molar-refractivity contribution in [1.82, 2.24) is 10.2 Å². The normalized spacial score (nSPS) is 11.8. The molecule has 162 valence electrons. The molecule has 0 saturated carbocycles. The third-order valence-corrected chi connectivity index (χ3v) is 5.27. The Morgan fingerprint density at radius 3 is 2.47 bits per heavy atom. The second-order valence-corrected chi connectivity index (χ2v) is 8.94. The van der Waals surface area contributed by atoms with Gasteiger partial charge in [-0.25, -0.2) is 0 Å². The molecule has 0 heterocycles. The fourth-order valence-corrected chi connectivity index (χ4v) is 3.50. The van der Waals surface area contributed by atoms with Crippen LogP contribution in [0.2, 0.25) is 0 Å². The summed E-state index contributed by atoms with van der Waals surface area (Å²) in [5.74, 6) is 0.609. The lowest BCUT2D eigenvalue weighted by Gasteiger charge is -2.29. The number of amides is 2. The number of carbonyl (C=O) groups excluding carboxylic acids is 2. The van der Waals surface area contributed by atoms with Crippen molar-refractivity contribution in [2.75, 3.05) is 13.2 Å². The van der Waals surface area contributed by atoms with Gasteiger partial charge in [-0.2, -0.15) is 0 Å². The van der Waals surface area contributed by atoms with Gasteiger partial charge >= 0.3 is 0 Å². The molecule has 0 aliphatic carbocycles. The predicted molar refractivity (Wildman–Crippen MR) is 123 cm³/mol. The number of aryl methyl sites for hydroxylation is 2. The summed E-state index contributed by atoms with van der Waals surface area (Å²) in [6, 6.07) is 13.0. The van der Waals surface area contributed by atoms with Crippen LogP contribution >= 0.6 is 15.9 Å². The van der Waals surface area contributed by atoms with Crippen LogP contribution in [0.4, 0.5) is 0 Å². The monoisotopic (exact) mass is 474 g/mol. The number of ether oxygens (including phenoxy) is 1. The largest absolute Gasteiger partial charge is 0.483 e. The molecule has 0 aliphatic heterocycles. The minimum atomic E-state index is -0.613. The first-order valence-corrected chi connectivity index (χ1v) is 11.0. The van der Waals surface area contributed by atoms with E-state index in [1.165, 1.54) is 0 Å². The van der Waals surface area contributed by atoms with Gasteiger partial charge in [0, 0.05) is 17.6 Å². The van der Waals surface area contributed by atoms with Crippen LogP contribution in [0.15, 0.2) is 46.9 Å². The summed E-state index contributed by atoms with van der Waals surface area (Å²) in [6.07, 6.45) is 0. The van der Waals surface area contributed by atoms with E-state index < -0.39 is 6.04 Å². The zero-order chi connectivity index (χ0) is 22.3. The smallest absolute Gasteiger partial charge is 0.261 e. The van der Waals surface area contributed by atoms with Gasteiger partial charge in [-0.15, -0.1) is 0 Å². The lowest BCUT2D eigenvalue weighted by molar-refractivity contribution is -0.142. The highest BCUT2D eigenvalue weighted by Crippen LogP contribution is 2.20. The second-order valence-electron chi connectivity index (χ2n) is 8.02. The summed E-state index contributed by atoms with van der Waals surface area (Å²) in [5.41, 5.74) is 3.05. The highest BCUT2D eigenvalue weighted by molar-refractivity contribution is 9.10. The Bertz CT molecular complexity index is 883. The SMILES string of the molecule is Cc1ccc(OCC(=O)N(Cc2cccc(Br)c2)[C@@H](C)C(=O)NCC(C)C)c(C)c1. The standard InChI is InChI=1S/C24H31BrN2O3/c1-16(2)13-26-24(29)19(5)27(14-20-7-6-8-21(25)12-20)23(28)15-30-22-10-9-17(3)11-18(22)4/h6-12,16,19H,13-15H2,1-5H3,(H,26,29)/t19-/m0/s1. The van der Waals surface area contributed by atoms with E-state index in [9.17, 15) is 9.59 Å². The topological polar surface area (TPSA) is 58.6 Å². The molecule has 0 bridgehead atoms. The van der Waals surface area contributed by atoms with Gasteiger partial charge in [0.2, 0.25) is 5.91 Å². The molecule has 0 fully saturated rings. The van der Waals surface area contributed by atoms with Gasteiger partial charge in [-0.1, -0.05) is 59.6 Å². The van der Waals surface area contributed by atoms with E-state index in [-0.39, 0.29) is 18.4 Å². The molecule has 1 atom stereocenters. The zero-order valence-corrected chi connectivity index (χ0v) is 20.0.